The van der Waals surface area contributed by atoms with Crippen molar-refractivity contribution in [2.45, 2.75) is 31.7 Å². The van der Waals surface area contributed by atoms with E-state index >= 15 is 0 Å². The van der Waals surface area contributed by atoms with Gasteiger partial charge in [0, 0.05) is 5.54 Å². The molecule has 1 heterocycles. The van der Waals surface area contributed by atoms with Gasteiger partial charge in [-0.3, -0.25) is 0 Å². The maximum Gasteiger partial charge on any atom is 0.159 e. The summed E-state index contributed by atoms with van der Waals surface area (Å²) in [5.41, 5.74) is 0.898. The molecule has 0 spiro atoms. The summed E-state index contributed by atoms with van der Waals surface area (Å²) in [4.78, 5) is 0. The van der Waals surface area contributed by atoms with Crippen LogP contribution in [0.15, 0.2) is 18.2 Å². The minimum absolute atomic E-state index is 0.0459. The zero-order chi connectivity index (χ0) is 10.9. The Morgan fingerprint density at radius 1 is 1.33 bits per heavy atom. The predicted octanol–water partition coefficient (Wildman–Crippen LogP) is 2.65. The standard InChI is InChI=1S/C12H15F2N/c1-12(5-2-6-15-12)8-9-3-4-10(13)11(14)7-9/h3-4,7,15H,2,5-6,8H2,1H3/t12-/m0/s1. The summed E-state index contributed by atoms with van der Waals surface area (Å²) in [5.74, 6) is -1.53. The Morgan fingerprint density at radius 2 is 2.13 bits per heavy atom. The Hall–Kier alpha value is -0.960. The molecule has 1 aliphatic rings. The summed E-state index contributed by atoms with van der Waals surface area (Å²) >= 11 is 0. The van der Waals surface area contributed by atoms with E-state index in [9.17, 15) is 8.78 Å². The molecule has 0 saturated carbocycles. The SMILES string of the molecule is C[C@@]1(Cc2ccc(F)c(F)c2)CCCN1. The molecule has 15 heavy (non-hydrogen) atoms. The van der Waals surface area contributed by atoms with Gasteiger partial charge in [-0.05, 0) is 50.4 Å². The highest BCUT2D eigenvalue weighted by atomic mass is 19.2. The van der Waals surface area contributed by atoms with Crippen LogP contribution in [0.25, 0.3) is 0 Å². The van der Waals surface area contributed by atoms with Crippen LogP contribution in [0.4, 0.5) is 8.78 Å². The third-order valence-corrected chi connectivity index (χ3v) is 3.04. The number of rotatable bonds is 2. The number of hydrogen-bond donors (Lipinski definition) is 1. The lowest BCUT2D eigenvalue weighted by Crippen LogP contribution is -2.38. The molecule has 1 nitrogen and oxygen atoms in total. The molecule has 2 rings (SSSR count). The van der Waals surface area contributed by atoms with Crippen LogP contribution in [0, 0.1) is 11.6 Å². The third kappa shape index (κ3) is 2.34. The summed E-state index contributed by atoms with van der Waals surface area (Å²) in [5, 5.41) is 3.40. The van der Waals surface area contributed by atoms with Gasteiger partial charge in [0.05, 0.1) is 0 Å². The lowest BCUT2D eigenvalue weighted by molar-refractivity contribution is 0.410. The fourth-order valence-corrected chi connectivity index (χ4v) is 2.21. The van der Waals surface area contributed by atoms with E-state index in [1.165, 1.54) is 12.1 Å². The van der Waals surface area contributed by atoms with E-state index in [1.807, 2.05) is 0 Å². The first-order chi connectivity index (χ1) is 7.09. The van der Waals surface area contributed by atoms with Gasteiger partial charge in [0.2, 0.25) is 0 Å². The quantitative estimate of drug-likeness (QED) is 0.793. The Bertz CT molecular complexity index is 357. The van der Waals surface area contributed by atoms with Gasteiger partial charge in [-0.1, -0.05) is 6.07 Å². The van der Waals surface area contributed by atoms with Gasteiger partial charge in [-0.15, -0.1) is 0 Å². The lowest BCUT2D eigenvalue weighted by Gasteiger charge is -2.24. The van der Waals surface area contributed by atoms with Crippen molar-refractivity contribution >= 4 is 0 Å². The molecule has 1 fully saturated rings. The minimum atomic E-state index is -0.775. The Labute approximate surface area is 88.5 Å². The van der Waals surface area contributed by atoms with Crippen molar-refractivity contribution in [2.75, 3.05) is 6.54 Å². The molecule has 1 N–H and O–H groups in total. The van der Waals surface area contributed by atoms with Gasteiger partial charge in [-0.25, -0.2) is 8.78 Å². The van der Waals surface area contributed by atoms with E-state index in [1.54, 1.807) is 6.07 Å². The van der Waals surface area contributed by atoms with Crippen molar-refractivity contribution in [3.05, 3.63) is 35.4 Å². The van der Waals surface area contributed by atoms with Crippen LogP contribution >= 0.6 is 0 Å². The van der Waals surface area contributed by atoms with Crippen LogP contribution in [-0.4, -0.2) is 12.1 Å². The number of hydrogen-bond acceptors (Lipinski definition) is 1. The van der Waals surface area contributed by atoms with Crippen molar-refractivity contribution in [1.29, 1.82) is 0 Å². The van der Waals surface area contributed by atoms with Gasteiger partial charge in [0.1, 0.15) is 0 Å². The molecule has 82 valence electrons. The molecule has 1 aromatic carbocycles. The second-order valence-electron chi connectivity index (χ2n) is 4.52. The molecular weight excluding hydrogens is 196 g/mol. The smallest absolute Gasteiger partial charge is 0.159 e. The summed E-state index contributed by atoms with van der Waals surface area (Å²) in [6.07, 6.45) is 3.00. The zero-order valence-electron chi connectivity index (χ0n) is 8.82. The first-order valence-corrected chi connectivity index (χ1v) is 5.28. The molecule has 1 aliphatic heterocycles. The molecule has 0 aliphatic carbocycles. The highest BCUT2D eigenvalue weighted by molar-refractivity contribution is 5.20. The highest BCUT2D eigenvalue weighted by Crippen LogP contribution is 2.24. The van der Waals surface area contributed by atoms with E-state index in [4.69, 9.17) is 0 Å². The molecule has 0 bridgehead atoms. The average Bonchev–Trinajstić information content (AvgIpc) is 2.59. The predicted molar refractivity (Wildman–Crippen MR) is 55.7 cm³/mol. The molecule has 3 heteroatoms. The fraction of sp³-hybridized carbons (Fsp3) is 0.500. The zero-order valence-corrected chi connectivity index (χ0v) is 8.82. The normalized spacial score (nSPS) is 25.8. The monoisotopic (exact) mass is 211 g/mol. The maximum absolute atomic E-state index is 13.0. The first-order valence-electron chi connectivity index (χ1n) is 5.28. The topological polar surface area (TPSA) is 12.0 Å². The van der Waals surface area contributed by atoms with Crippen LogP contribution in [0.2, 0.25) is 0 Å². The fourth-order valence-electron chi connectivity index (χ4n) is 2.21. The Balaban J connectivity index is 2.13. The van der Waals surface area contributed by atoms with Gasteiger partial charge < -0.3 is 5.32 Å². The molecule has 0 radical (unpaired) electrons. The van der Waals surface area contributed by atoms with Crippen LogP contribution in [0.1, 0.15) is 25.3 Å². The highest BCUT2D eigenvalue weighted by Gasteiger charge is 2.28. The summed E-state index contributed by atoms with van der Waals surface area (Å²) < 4.78 is 25.7. The number of halogens is 2. The molecule has 1 saturated heterocycles. The summed E-state index contributed by atoms with van der Waals surface area (Å²) in [6, 6.07) is 4.15. The Morgan fingerprint density at radius 3 is 2.73 bits per heavy atom. The molecule has 0 unspecified atom stereocenters. The second kappa shape index (κ2) is 3.89. The van der Waals surface area contributed by atoms with Crippen LogP contribution < -0.4 is 5.32 Å². The molecule has 1 aromatic rings. The van der Waals surface area contributed by atoms with Crippen LogP contribution in [0.3, 0.4) is 0 Å². The molecule has 0 aromatic heterocycles. The second-order valence-corrected chi connectivity index (χ2v) is 4.52. The molecular formula is C12H15F2N. The van der Waals surface area contributed by atoms with Crippen molar-refractivity contribution in [1.82, 2.24) is 5.32 Å². The van der Waals surface area contributed by atoms with E-state index in [0.29, 0.717) is 0 Å². The number of nitrogens with one attached hydrogen (secondary N) is 1. The molecule has 0 amide bonds. The van der Waals surface area contributed by atoms with Crippen LogP contribution in [0.5, 0.6) is 0 Å². The summed E-state index contributed by atoms with van der Waals surface area (Å²) in [6.45, 7) is 3.14. The van der Waals surface area contributed by atoms with Gasteiger partial charge >= 0.3 is 0 Å². The largest absolute Gasteiger partial charge is 0.311 e. The number of benzene rings is 1. The van der Waals surface area contributed by atoms with Crippen molar-refractivity contribution in [2.24, 2.45) is 0 Å². The van der Waals surface area contributed by atoms with E-state index in [0.717, 1.165) is 31.4 Å². The van der Waals surface area contributed by atoms with Crippen molar-refractivity contribution < 1.29 is 8.78 Å². The van der Waals surface area contributed by atoms with Crippen molar-refractivity contribution in [3.8, 4) is 0 Å². The molecule has 1 atom stereocenters. The summed E-state index contributed by atoms with van der Waals surface area (Å²) in [7, 11) is 0. The van der Waals surface area contributed by atoms with Crippen molar-refractivity contribution in [3.63, 3.8) is 0 Å². The first kappa shape index (κ1) is 10.6. The third-order valence-electron chi connectivity index (χ3n) is 3.04. The maximum atomic E-state index is 13.0. The minimum Gasteiger partial charge on any atom is -0.311 e. The Kier molecular flexibility index (Phi) is 2.74. The van der Waals surface area contributed by atoms with Gasteiger partial charge in [0.15, 0.2) is 11.6 Å². The van der Waals surface area contributed by atoms with Gasteiger partial charge in [0.25, 0.3) is 0 Å². The average molecular weight is 211 g/mol. The van der Waals surface area contributed by atoms with Gasteiger partial charge in [-0.2, -0.15) is 0 Å². The lowest BCUT2D eigenvalue weighted by atomic mass is 9.91. The van der Waals surface area contributed by atoms with E-state index < -0.39 is 11.6 Å². The van der Waals surface area contributed by atoms with Crippen LogP contribution in [-0.2, 0) is 6.42 Å². The van der Waals surface area contributed by atoms with E-state index in [-0.39, 0.29) is 5.54 Å². The van der Waals surface area contributed by atoms with E-state index in [2.05, 4.69) is 12.2 Å².